The standard InChI is InChI=1S/C16H18ClF3N2O/c17-14-8-11(9-21-13-2-5-23-6-3-13)7-12-1-4-22(15(12)14)10-16(18,19)20/h1,4,7-8,13,21H,2-3,5-6,9-10H2. The Morgan fingerprint density at radius 2 is 2.00 bits per heavy atom. The first-order valence-corrected chi connectivity index (χ1v) is 7.95. The summed E-state index contributed by atoms with van der Waals surface area (Å²) in [5.74, 6) is 0. The highest BCUT2D eigenvalue weighted by Gasteiger charge is 2.28. The molecule has 0 aliphatic carbocycles. The van der Waals surface area contributed by atoms with E-state index in [9.17, 15) is 13.2 Å². The molecule has 2 heterocycles. The quantitative estimate of drug-likeness (QED) is 0.901. The van der Waals surface area contributed by atoms with Gasteiger partial charge >= 0.3 is 6.18 Å². The molecule has 0 spiro atoms. The van der Waals surface area contributed by atoms with Crippen molar-refractivity contribution in [3.05, 3.63) is 35.0 Å². The molecular formula is C16H18ClF3N2O. The summed E-state index contributed by atoms with van der Waals surface area (Å²) in [7, 11) is 0. The van der Waals surface area contributed by atoms with E-state index in [-0.39, 0.29) is 0 Å². The summed E-state index contributed by atoms with van der Waals surface area (Å²) in [6.07, 6.45) is -0.895. The normalized spacial score (nSPS) is 17.0. The van der Waals surface area contributed by atoms with E-state index in [0.29, 0.717) is 23.1 Å². The van der Waals surface area contributed by atoms with Crippen LogP contribution in [0.3, 0.4) is 0 Å². The van der Waals surface area contributed by atoms with Gasteiger partial charge in [0.15, 0.2) is 0 Å². The number of nitrogens with one attached hydrogen (secondary N) is 1. The smallest absolute Gasteiger partial charge is 0.381 e. The average Bonchev–Trinajstić information content (AvgIpc) is 2.88. The molecule has 23 heavy (non-hydrogen) atoms. The first kappa shape index (κ1) is 16.6. The van der Waals surface area contributed by atoms with E-state index in [4.69, 9.17) is 16.3 Å². The summed E-state index contributed by atoms with van der Waals surface area (Å²) >= 11 is 6.22. The molecule has 1 aromatic heterocycles. The third kappa shape index (κ3) is 4.19. The lowest BCUT2D eigenvalue weighted by atomic mass is 10.1. The maximum Gasteiger partial charge on any atom is 0.406 e. The Morgan fingerprint density at radius 1 is 1.26 bits per heavy atom. The average molecular weight is 347 g/mol. The van der Waals surface area contributed by atoms with Crippen molar-refractivity contribution in [2.75, 3.05) is 13.2 Å². The minimum atomic E-state index is -4.27. The highest BCUT2D eigenvalue weighted by atomic mass is 35.5. The summed E-state index contributed by atoms with van der Waals surface area (Å²) in [5, 5.41) is 4.52. The molecule has 1 fully saturated rings. The zero-order valence-electron chi connectivity index (χ0n) is 12.5. The number of rotatable bonds is 4. The molecule has 0 bridgehead atoms. The molecule has 1 aromatic carbocycles. The first-order chi connectivity index (χ1) is 10.9. The Hall–Kier alpha value is -1.24. The number of nitrogens with zero attached hydrogens (tertiary/aromatic N) is 1. The fraction of sp³-hybridized carbons (Fsp3) is 0.500. The zero-order chi connectivity index (χ0) is 16.4. The van der Waals surface area contributed by atoms with Gasteiger partial charge in [-0.3, -0.25) is 0 Å². The van der Waals surface area contributed by atoms with Gasteiger partial charge in [0.2, 0.25) is 0 Å². The van der Waals surface area contributed by atoms with Crippen molar-refractivity contribution in [2.45, 2.75) is 38.1 Å². The number of benzene rings is 1. The predicted molar refractivity (Wildman–Crippen MR) is 83.7 cm³/mol. The van der Waals surface area contributed by atoms with E-state index in [1.807, 2.05) is 6.07 Å². The molecule has 0 saturated carbocycles. The number of halogens is 4. The highest BCUT2D eigenvalue weighted by molar-refractivity contribution is 6.35. The second-order valence-corrected chi connectivity index (χ2v) is 6.25. The topological polar surface area (TPSA) is 26.2 Å². The monoisotopic (exact) mass is 346 g/mol. The van der Waals surface area contributed by atoms with Gasteiger partial charge in [-0.25, -0.2) is 0 Å². The molecule has 0 amide bonds. The minimum Gasteiger partial charge on any atom is -0.381 e. The molecule has 0 unspecified atom stereocenters. The Kier molecular flexibility index (Phi) is 4.85. The first-order valence-electron chi connectivity index (χ1n) is 7.57. The van der Waals surface area contributed by atoms with Crippen LogP contribution in [-0.4, -0.2) is 30.0 Å². The van der Waals surface area contributed by atoms with Crippen LogP contribution >= 0.6 is 11.6 Å². The fourth-order valence-corrected chi connectivity index (χ4v) is 3.30. The van der Waals surface area contributed by atoms with Gasteiger partial charge in [0.25, 0.3) is 0 Å². The summed E-state index contributed by atoms with van der Waals surface area (Å²) in [6, 6.07) is 5.71. The Labute approximate surface area is 137 Å². The Morgan fingerprint density at radius 3 is 2.70 bits per heavy atom. The second-order valence-electron chi connectivity index (χ2n) is 5.84. The van der Waals surface area contributed by atoms with Crippen LogP contribution in [-0.2, 0) is 17.8 Å². The molecule has 0 radical (unpaired) electrons. The van der Waals surface area contributed by atoms with Crippen molar-refractivity contribution in [3.8, 4) is 0 Å². The Balaban J connectivity index is 1.76. The molecule has 2 aromatic rings. The largest absolute Gasteiger partial charge is 0.406 e. The van der Waals surface area contributed by atoms with Gasteiger partial charge < -0.3 is 14.6 Å². The molecule has 0 atom stereocenters. The lowest BCUT2D eigenvalue weighted by molar-refractivity contribution is -0.139. The van der Waals surface area contributed by atoms with Crippen LogP contribution in [0.2, 0.25) is 5.02 Å². The van der Waals surface area contributed by atoms with E-state index in [2.05, 4.69) is 5.32 Å². The summed E-state index contributed by atoms with van der Waals surface area (Å²) in [5.41, 5.74) is 1.40. The van der Waals surface area contributed by atoms with Crippen LogP contribution in [0.4, 0.5) is 13.2 Å². The number of aromatic nitrogens is 1. The zero-order valence-corrected chi connectivity index (χ0v) is 13.3. The van der Waals surface area contributed by atoms with Crippen LogP contribution in [0, 0.1) is 0 Å². The van der Waals surface area contributed by atoms with E-state index in [1.165, 1.54) is 6.20 Å². The van der Waals surface area contributed by atoms with E-state index >= 15 is 0 Å². The molecule has 7 heteroatoms. The summed E-state index contributed by atoms with van der Waals surface area (Å²) < 4.78 is 44.3. The molecule has 1 aliphatic rings. The predicted octanol–water partition coefficient (Wildman–Crippen LogP) is 4.13. The molecule has 126 valence electrons. The van der Waals surface area contributed by atoms with Crippen LogP contribution in [0.15, 0.2) is 24.4 Å². The van der Waals surface area contributed by atoms with Crippen LogP contribution in [0.25, 0.3) is 10.9 Å². The van der Waals surface area contributed by atoms with Crippen LogP contribution in [0.1, 0.15) is 18.4 Å². The SMILES string of the molecule is FC(F)(F)Cn1ccc2cc(CNC3CCOCC3)cc(Cl)c21. The molecular weight excluding hydrogens is 329 g/mol. The lowest BCUT2D eigenvalue weighted by Crippen LogP contribution is -2.34. The lowest BCUT2D eigenvalue weighted by Gasteiger charge is -2.23. The Bertz CT molecular complexity index is 678. The van der Waals surface area contributed by atoms with Crippen molar-refractivity contribution >= 4 is 22.5 Å². The maximum atomic E-state index is 12.6. The number of fused-ring (bicyclic) bond motifs is 1. The second kappa shape index (κ2) is 6.71. The number of ether oxygens (including phenoxy) is 1. The van der Waals surface area contributed by atoms with Gasteiger partial charge in [-0.1, -0.05) is 11.6 Å². The fourth-order valence-electron chi connectivity index (χ4n) is 2.94. The maximum absolute atomic E-state index is 12.6. The van der Waals surface area contributed by atoms with Gasteiger partial charge in [0, 0.05) is 37.4 Å². The van der Waals surface area contributed by atoms with Crippen molar-refractivity contribution < 1.29 is 17.9 Å². The number of hydrogen-bond donors (Lipinski definition) is 1. The van der Waals surface area contributed by atoms with Crippen LogP contribution in [0.5, 0.6) is 0 Å². The van der Waals surface area contributed by atoms with E-state index < -0.39 is 12.7 Å². The molecule has 1 N–H and O–H groups in total. The summed E-state index contributed by atoms with van der Waals surface area (Å²) in [6.45, 7) is 1.14. The molecule has 1 saturated heterocycles. The summed E-state index contributed by atoms with van der Waals surface area (Å²) in [4.78, 5) is 0. The van der Waals surface area contributed by atoms with Gasteiger partial charge in [-0.2, -0.15) is 13.2 Å². The van der Waals surface area contributed by atoms with Gasteiger partial charge in [0.1, 0.15) is 6.54 Å². The minimum absolute atomic E-state index is 0.348. The van der Waals surface area contributed by atoms with Gasteiger partial charge in [-0.15, -0.1) is 0 Å². The van der Waals surface area contributed by atoms with Crippen LogP contribution < -0.4 is 5.32 Å². The number of alkyl halides is 3. The third-order valence-electron chi connectivity index (χ3n) is 4.04. The molecule has 1 aliphatic heterocycles. The van der Waals surface area contributed by atoms with Crippen molar-refractivity contribution in [3.63, 3.8) is 0 Å². The van der Waals surface area contributed by atoms with Crippen molar-refractivity contribution in [1.82, 2.24) is 9.88 Å². The van der Waals surface area contributed by atoms with Crippen molar-refractivity contribution in [1.29, 1.82) is 0 Å². The third-order valence-corrected chi connectivity index (χ3v) is 4.33. The highest BCUT2D eigenvalue weighted by Crippen LogP contribution is 2.29. The number of hydrogen-bond acceptors (Lipinski definition) is 2. The molecule has 3 rings (SSSR count). The van der Waals surface area contributed by atoms with Gasteiger partial charge in [-0.05, 0) is 36.6 Å². The van der Waals surface area contributed by atoms with E-state index in [0.717, 1.165) is 41.6 Å². The van der Waals surface area contributed by atoms with Crippen molar-refractivity contribution in [2.24, 2.45) is 0 Å². The molecule has 3 nitrogen and oxygen atoms in total. The van der Waals surface area contributed by atoms with Gasteiger partial charge in [0.05, 0.1) is 10.5 Å². The van der Waals surface area contributed by atoms with E-state index in [1.54, 1.807) is 12.1 Å².